The number of ether oxygens (including phenoxy) is 2. The molecule has 12 heteroatoms. The Balaban J connectivity index is 0. The van der Waals surface area contributed by atoms with Gasteiger partial charge in [0, 0.05) is 40.8 Å². The topological polar surface area (TPSA) is 154 Å². The molecular weight excluding hydrogens is 566 g/mol. The second kappa shape index (κ2) is 23.2. The molecule has 0 aliphatic carbocycles. The zero-order chi connectivity index (χ0) is 27.3. The average Bonchev–Trinajstić information content (AvgIpc) is 2.87. The fourth-order valence-corrected chi connectivity index (χ4v) is 3.08. The first-order chi connectivity index (χ1) is 17.8. The van der Waals surface area contributed by atoms with Crippen LogP contribution in [-0.2, 0) is 41.6 Å². The van der Waals surface area contributed by atoms with Crippen LogP contribution in [0, 0.1) is 0 Å². The van der Waals surface area contributed by atoms with Crippen LogP contribution in [0.2, 0.25) is 0 Å². The van der Waals surface area contributed by atoms with Crippen LogP contribution in [0.4, 0.5) is 4.79 Å². The van der Waals surface area contributed by atoms with Gasteiger partial charge in [-0.05, 0) is 25.3 Å². The average molecular weight is 607 g/mol. The molecule has 0 bridgehead atoms. The van der Waals surface area contributed by atoms with Crippen LogP contribution in [0.5, 0.6) is 0 Å². The summed E-state index contributed by atoms with van der Waals surface area (Å²) in [4.78, 5) is 57.4. The molecule has 0 saturated heterocycles. The summed E-state index contributed by atoms with van der Waals surface area (Å²) >= 11 is 0. The van der Waals surface area contributed by atoms with E-state index in [0.717, 1.165) is 30.4 Å². The number of nitrogens with one attached hydrogen (secondary N) is 3. The Bertz CT molecular complexity index is 872. The Kier molecular flexibility index (Phi) is 22.2. The number of hydrogen-bond acceptors (Lipinski definition) is 7. The number of ketones is 1. The molecule has 38 heavy (non-hydrogen) atoms. The van der Waals surface area contributed by atoms with Crippen molar-refractivity contribution in [3.8, 4) is 0 Å². The minimum atomic E-state index is -0.495. The largest absolute Gasteiger partial charge is 1.00 e. The normalized spacial score (nSPS) is 10.1. The van der Waals surface area contributed by atoms with E-state index in [9.17, 15) is 24.0 Å². The standard InChI is InChI=1S/C26H40N4O7.Rb.H2/c1-20(31)7-4-3-5-13-29-26(35)37-16-6-15-36-19-25(34)30-18-22-10-8-21(9-11-22)17-24(33)28-14-12-23(32)27-2;;/h8-11H,3-7,12-19H2,1-2H3,(H4,27,28,29,30,32,33,34,35);;1H/q;+1;/p-1. The first-order valence-corrected chi connectivity index (χ1v) is 12.5. The van der Waals surface area contributed by atoms with Crippen molar-refractivity contribution in [2.75, 3.05) is 40.0 Å². The van der Waals surface area contributed by atoms with Crippen molar-refractivity contribution < 1.29 is 93.1 Å². The number of benzene rings is 1. The Morgan fingerprint density at radius 1 is 0.842 bits per heavy atom. The smallest absolute Gasteiger partial charge is 0.648 e. The van der Waals surface area contributed by atoms with Gasteiger partial charge >= 0.3 is 64.3 Å². The number of rotatable bonds is 19. The summed E-state index contributed by atoms with van der Waals surface area (Å²) in [6, 6.07) is 7.21. The number of nitrogens with zero attached hydrogens (tertiary/aromatic N) is 1. The van der Waals surface area contributed by atoms with Gasteiger partial charge in [0.25, 0.3) is 0 Å². The fourth-order valence-electron chi connectivity index (χ4n) is 3.08. The molecule has 208 valence electrons. The molecule has 3 N–H and O–H groups in total. The zero-order valence-corrected chi connectivity index (χ0v) is 27.7. The molecule has 0 aromatic heterocycles. The Hall–Kier alpha value is -1.66. The maximum Gasteiger partial charge on any atom is 1.00 e. The van der Waals surface area contributed by atoms with E-state index in [1.807, 2.05) is 0 Å². The van der Waals surface area contributed by atoms with Gasteiger partial charge in [0.1, 0.15) is 5.78 Å². The molecule has 0 unspecified atom stereocenters. The van der Waals surface area contributed by atoms with Crippen LogP contribution >= 0.6 is 0 Å². The van der Waals surface area contributed by atoms with Crippen LogP contribution in [-0.4, -0.2) is 69.6 Å². The molecule has 1 rings (SSSR count). The van der Waals surface area contributed by atoms with Crippen LogP contribution in [0.3, 0.4) is 0 Å². The first-order valence-electron chi connectivity index (χ1n) is 12.5. The predicted octanol–water partition coefficient (Wildman–Crippen LogP) is -0.586. The summed E-state index contributed by atoms with van der Waals surface area (Å²) in [6.07, 6.45) is 3.45. The molecule has 0 atom stereocenters. The van der Waals surface area contributed by atoms with E-state index >= 15 is 0 Å². The number of amides is 4. The molecule has 0 fully saturated rings. The SMILES string of the molecule is CNC(=O)CCNC(=O)Cc1ccc(C[N-]C(=O)COCCCOC(=O)NCCCCCC(C)=O)cc1.[HH].[Rb+]. The van der Waals surface area contributed by atoms with Crippen LogP contribution in [0.25, 0.3) is 5.32 Å². The van der Waals surface area contributed by atoms with Gasteiger partial charge in [-0.3, -0.25) is 9.59 Å². The summed E-state index contributed by atoms with van der Waals surface area (Å²) in [5.74, 6) is -0.513. The van der Waals surface area contributed by atoms with Gasteiger partial charge in [-0.2, -0.15) is 0 Å². The van der Waals surface area contributed by atoms with Crippen LogP contribution < -0.4 is 74.1 Å². The van der Waals surface area contributed by atoms with Gasteiger partial charge in [-0.25, -0.2) is 4.79 Å². The third kappa shape index (κ3) is 20.3. The molecule has 0 aliphatic rings. The van der Waals surface area contributed by atoms with Crippen molar-refractivity contribution in [2.24, 2.45) is 0 Å². The number of unbranched alkanes of at least 4 members (excludes halogenated alkanes) is 2. The number of hydrogen-bond donors (Lipinski definition) is 3. The maximum absolute atomic E-state index is 11.9. The first kappa shape index (κ1) is 36.3. The van der Waals surface area contributed by atoms with Gasteiger partial charge in [-0.15, -0.1) is 6.54 Å². The zero-order valence-electron chi connectivity index (χ0n) is 22.8. The predicted molar refractivity (Wildman–Crippen MR) is 140 cm³/mol. The van der Waals surface area contributed by atoms with E-state index < -0.39 is 6.09 Å². The number of alkyl carbamates (subject to hydrolysis) is 1. The molecular formula is C26H41N4O7Rb. The van der Waals surface area contributed by atoms with Crippen LogP contribution in [0.1, 0.15) is 58.0 Å². The third-order valence-corrected chi connectivity index (χ3v) is 5.15. The van der Waals surface area contributed by atoms with E-state index in [0.29, 0.717) is 19.4 Å². The monoisotopic (exact) mass is 606 g/mol. The van der Waals surface area contributed by atoms with Gasteiger partial charge in [0.05, 0.1) is 32.1 Å². The second-order valence-electron chi connectivity index (χ2n) is 8.46. The van der Waals surface area contributed by atoms with E-state index in [1.165, 1.54) is 0 Å². The van der Waals surface area contributed by atoms with Crippen molar-refractivity contribution in [3.05, 3.63) is 40.7 Å². The quantitative estimate of drug-likeness (QED) is 0.178. The van der Waals surface area contributed by atoms with Crippen molar-refractivity contribution >= 4 is 29.6 Å². The Morgan fingerprint density at radius 3 is 2.24 bits per heavy atom. The molecule has 1 aromatic rings. The van der Waals surface area contributed by atoms with Gasteiger partial charge in [0.2, 0.25) is 11.8 Å². The minimum absolute atomic E-state index is 0. The summed E-state index contributed by atoms with van der Waals surface area (Å²) in [5, 5.41) is 11.8. The summed E-state index contributed by atoms with van der Waals surface area (Å²) in [6.45, 7) is 2.85. The number of Topliss-reactive ketones (excluding diaryl/α,β-unsaturated/α-hetero) is 1. The fraction of sp³-hybridized carbons (Fsp3) is 0.577. The molecule has 0 saturated carbocycles. The molecule has 0 aliphatic heterocycles. The molecule has 11 nitrogen and oxygen atoms in total. The van der Waals surface area contributed by atoms with Gasteiger partial charge in [0.15, 0.2) is 0 Å². The molecule has 4 amide bonds. The van der Waals surface area contributed by atoms with E-state index in [-0.39, 0.29) is 129 Å². The second-order valence-corrected chi connectivity index (χ2v) is 8.46. The molecule has 0 spiro atoms. The van der Waals surface area contributed by atoms with Crippen molar-refractivity contribution in [2.45, 2.75) is 58.4 Å². The van der Waals surface area contributed by atoms with Crippen molar-refractivity contribution in [3.63, 3.8) is 0 Å². The third-order valence-electron chi connectivity index (χ3n) is 5.15. The Labute approximate surface area is 275 Å². The number of carbonyl (C=O) groups is 5. The summed E-state index contributed by atoms with van der Waals surface area (Å²) < 4.78 is 10.3. The summed E-state index contributed by atoms with van der Waals surface area (Å²) in [7, 11) is 1.55. The molecule has 0 radical (unpaired) electrons. The maximum atomic E-state index is 11.9. The molecule has 0 heterocycles. The van der Waals surface area contributed by atoms with Crippen molar-refractivity contribution in [1.82, 2.24) is 16.0 Å². The minimum Gasteiger partial charge on any atom is -0.648 e. The molecule has 1 aromatic carbocycles. The van der Waals surface area contributed by atoms with E-state index in [4.69, 9.17) is 9.47 Å². The van der Waals surface area contributed by atoms with Gasteiger partial charge < -0.3 is 40.3 Å². The van der Waals surface area contributed by atoms with Crippen molar-refractivity contribution in [1.29, 1.82) is 0 Å². The van der Waals surface area contributed by atoms with Gasteiger partial charge in [-0.1, -0.05) is 36.2 Å². The number of carbonyl (C=O) groups excluding carboxylic acids is 5. The van der Waals surface area contributed by atoms with Crippen LogP contribution in [0.15, 0.2) is 24.3 Å². The summed E-state index contributed by atoms with van der Waals surface area (Å²) in [5.41, 5.74) is 1.65. The van der Waals surface area contributed by atoms with E-state index in [1.54, 1.807) is 38.2 Å². The Morgan fingerprint density at radius 2 is 1.55 bits per heavy atom. The van der Waals surface area contributed by atoms with E-state index in [2.05, 4.69) is 21.3 Å².